The van der Waals surface area contributed by atoms with Gasteiger partial charge in [-0.05, 0) is 43.2 Å². The van der Waals surface area contributed by atoms with Gasteiger partial charge >= 0.3 is 11.9 Å². The van der Waals surface area contributed by atoms with Gasteiger partial charge in [-0.25, -0.2) is 9.59 Å². The third-order valence-electron chi connectivity index (χ3n) is 3.83. The lowest BCUT2D eigenvalue weighted by molar-refractivity contribution is -0.136. The summed E-state index contributed by atoms with van der Waals surface area (Å²) in [5, 5.41) is 0. The minimum absolute atomic E-state index is 0.0323. The number of para-hydroxylation sites is 1. The van der Waals surface area contributed by atoms with E-state index in [0.717, 1.165) is 12.8 Å². The van der Waals surface area contributed by atoms with Crippen LogP contribution in [0.2, 0.25) is 0 Å². The summed E-state index contributed by atoms with van der Waals surface area (Å²) in [5.74, 6) is -0.188. The van der Waals surface area contributed by atoms with Crippen molar-refractivity contribution < 1.29 is 28.5 Å². The minimum Gasteiger partial charge on any atom is -0.482 e. The van der Waals surface area contributed by atoms with E-state index in [1.54, 1.807) is 30.3 Å². The Morgan fingerprint density at radius 1 is 1.04 bits per heavy atom. The quantitative estimate of drug-likeness (QED) is 0.561. The molecule has 2 aromatic rings. The third-order valence-corrected chi connectivity index (χ3v) is 3.83. The molecular weight excluding hydrogens is 336 g/mol. The first-order valence-corrected chi connectivity index (χ1v) is 8.48. The number of benzene rings is 2. The molecule has 6 nitrogen and oxygen atoms in total. The lowest BCUT2D eigenvalue weighted by Crippen LogP contribution is -2.19. The van der Waals surface area contributed by atoms with Crippen LogP contribution in [0.25, 0.3) is 0 Å². The number of carbonyl (C=O) groups is 2. The second-order valence-corrected chi connectivity index (χ2v) is 5.84. The number of rotatable bonds is 7. The molecule has 136 valence electrons. The number of hydrogen-bond donors (Lipinski definition) is 0. The van der Waals surface area contributed by atoms with Crippen LogP contribution in [0.5, 0.6) is 11.5 Å². The van der Waals surface area contributed by atoms with Crippen molar-refractivity contribution in [1.29, 1.82) is 0 Å². The Morgan fingerprint density at radius 2 is 1.85 bits per heavy atom. The fourth-order valence-corrected chi connectivity index (χ4v) is 2.53. The van der Waals surface area contributed by atoms with E-state index in [1.807, 2.05) is 18.2 Å². The molecule has 0 radical (unpaired) electrons. The van der Waals surface area contributed by atoms with Crippen LogP contribution >= 0.6 is 0 Å². The van der Waals surface area contributed by atoms with Gasteiger partial charge in [-0.1, -0.05) is 24.3 Å². The van der Waals surface area contributed by atoms with Crippen molar-refractivity contribution in [1.82, 2.24) is 0 Å². The average Bonchev–Trinajstić information content (AvgIpc) is 3.19. The SMILES string of the molecule is O=C(COc1ccccc1)Oc1cccc(C(=O)OCC2CCCO2)c1. The highest BCUT2D eigenvalue weighted by Crippen LogP contribution is 2.17. The van der Waals surface area contributed by atoms with Gasteiger partial charge in [0.05, 0.1) is 11.7 Å². The maximum atomic E-state index is 12.1. The Bertz CT molecular complexity index is 737. The Hall–Kier alpha value is -2.86. The lowest BCUT2D eigenvalue weighted by atomic mass is 10.2. The van der Waals surface area contributed by atoms with Gasteiger partial charge in [-0.2, -0.15) is 0 Å². The van der Waals surface area contributed by atoms with E-state index >= 15 is 0 Å². The largest absolute Gasteiger partial charge is 0.482 e. The van der Waals surface area contributed by atoms with E-state index in [4.69, 9.17) is 18.9 Å². The molecule has 1 unspecified atom stereocenters. The topological polar surface area (TPSA) is 71.1 Å². The summed E-state index contributed by atoms with van der Waals surface area (Å²) in [5.41, 5.74) is 0.317. The molecule has 6 heteroatoms. The van der Waals surface area contributed by atoms with Crippen molar-refractivity contribution in [2.45, 2.75) is 18.9 Å². The maximum Gasteiger partial charge on any atom is 0.349 e. The van der Waals surface area contributed by atoms with Crippen LogP contribution in [0.3, 0.4) is 0 Å². The number of hydrogen-bond acceptors (Lipinski definition) is 6. The molecule has 0 spiro atoms. The molecule has 0 aliphatic carbocycles. The molecule has 3 rings (SSSR count). The Morgan fingerprint density at radius 3 is 2.62 bits per heavy atom. The van der Waals surface area contributed by atoms with E-state index in [1.165, 1.54) is 6.07 Å². The van der Waals surface area contributed by atoms with Crippen LogP contribution in [0.4, 0.5) is 0 Å². The lowest BCUT2D eigenvalue weighted by Gasteiger charge is -2.11. The molecule has 0 amide bonds. The summed E-state index contributed by atoms with van der Waals surface area (Å²) in [6, 6.07) is 15.3. The standard InChI is InChI=1S/C20H20O6/c21-19(14-24-16-7-2-1-3-8-16)26-17-9-4-6-15(12-17)20(22)25-13-18-10-5-11-23-18/h1-4,6-9,12,18H,5,10-11,13-14H2. The summed E-state index contributed by atoms with van der Waals surface area (Å²) >= 11 is 0. The fraction of sp³-hybridized carbons (Fsp3) is 0.300. The van der Waals surface area contributed by atoms with Crippen LogP contribution in [0, 0.1) is 0 Å². The van der Waals surface area contributed by atoms with Crippen LogP contribution in [0.1, 0.15) is 23.2 Å². The van der Waals surface area contributed by atoms with Crippen molar-refractivity contribution in [3.8, 4) is 11.5 Å². The summed E-state index contributed by atoms with van der Waals surface area (Å²) < 4.78 is 21.2. The Balaban J connectivity index is 1.49. The highest BCUT2D eigenvalue weighted by atomic mass is 16.6. The first-order chi connectivity index (χ1) is 12.7. The second kappa shape index (κ2) is 9.01. The van der Waals surface area contributed by atoms with Crippen LogP contribution < -0.4 is 9.47 Å². The van der Waals surface area contributed by atoms with Gasteiger partial charge in [0.2, 0.25) is 0 Å². The van der Waals surface area contributed by atoms with Gasteiger partial charge in [0.15, 0.2) is 6.61 Å². The summed E-state index contributed by atoms with van der Waals surface area (Å²) in [6.07, 6.45) is 1.85. The normalized spacial score (nSPS) is 16.1. The first kappa shape index (κ1) is 17.9. The predicted molar refractivity (Wildman–Crippen MR) is 93.3 cm³/mol. The molecule has 2 aromatic carbocycles. The zero-order valence-corrected chi connectivity index (χ0v) is 14.3. The van der Waals surface area contributed by atoms with E-state index in [9.17, 15) is 9.59 Å². The fourth-order valence-electron chi connectivity index (χ4n) is 2.53. The molecule has 1 atom stereocenters. The Kier molecular flexibility index (Phi) is 6.22. The summed E-state index contributed by atoms with van der Waals surface area (Å²) in [6.45, 7) is 0.712. The summed E-state index contributed by atoms with van der Waals surface area (Å²) in [4.78, 5) is 24.0. The molecule has 1 heterocycles. The average molecular weight is 356 g/mol. The summed E-state index contributed by atoms with van der Waals surface area (Å²) in [7, 11) is 0. The Labute approximate surface area is 151 Å². The zero-order valence-electron chi connectivity index (χ0n) is 14.3. The van der Waals surface area contributed by atoms with Crippen molar-refractivity contribution in [3.63, 3.8) is 0 Å². The van der Waals surface area contributed by atoms with E-state index in [2.05, 4.69) is 0 Å². The highest BCUT2D eigenvalue weighted by Gasteiger charge is 2.18. The van der Waals surface area contributed by atoms with Crippen LogP contribution in [-0.4, -0.2) is 37.9 Å². The zero-order chi connectivity index (χ0) is 18.2. The molecule has 1 aliphatic rings. The predicted octanol–water partition coefficient (Wildman–Crippen LogP) is 3.01. The molecule has 0 saturated carbocycles. The number of ether oxygens (including phenoxy) is 4. The van der Waals surface area contributed by atoms with Gasteiger partial charge < -0.3 is 18.9 Å². The molecule has 0 N–H and O–H groups in total. The van der Waals surface area contributed by atoms with Crippen LogP contribution in [-0.2, 0) is 14.3 Å². The van der Waals surface area contributed by atoms with Gasteiger partial charge in [0.25, 0.3) is 0 Å². The molecule has 26 heavy (non-hydrogen) atoms. The highest BCUT2D eigenvalue weighted by molar-refractivity contribution is 5.90. The molecular formula is C20H20O6. The van der Waals surface area contributed by atoms with Crippen molar-refractivity contribution in [2.24, 2.45) is 0 Å². The third kappa shape index (κ3) is 5.32. The monoisotopic (exact) mass is 356 g/mol. The second-order valence-electron chi connectivity index (χ2n) is 5.84. The van der Waals surface area contributed by atoms with Gasteiger partial charge in [0.1, 0.15) is 18.1 Å². The maximum absolute atomic E-state index is 12.1. The van der Waals surface area contributed by atoms with E-state index in [-0.39, 0.29) is 25.1 Å². The van der Waals surface area contributed by atoms with E-state index < -0.39 is 11.9 Å². The smallest absolute Gasteiger partial charge is 0.349 e. The molecule has 1 aliphatic heterocycles. The molecule has 0 aromatic heterocycles. The van der Waals surface area contributed by atoms with E-state index in [0.29, 0.717) is 17.9 Å². The van der Waals surface area contributed by atoms with Gasteiger partial charge in [0, 0.05) is 6.61 Å². The molecule has 0 bridgehead atoms. The van der Waals surface area contributed by atoms with Crippen molar-refractivity contribution in [3.05, 3.63) is 60.2 Å². The van der Waals surface area contributed by atoms with Crippen LogP contribution in [0.15, 0.2) is 54.6 Å². The number of carbonyl (C=O) groups excluding carboxylic acids is 2. The minimum atomic E-state index is -0.557. The molecule has 1 fully saturated rings. The first-order valence-electron chi connectivity index (χ1n) is 8.48. The molecule has 1 saturated heterocycles. The van der Waals surface area contributed by atoms with Crippen molar-refractivity contribution >= 4 is 11.9 Å². The van der Waals surface area contributed by atoms with Gasteiger partial charge in [-0.15, -0.1) is 0 Å². The number of esters is 2. The van der Waals surface area contributed by atoms with Crippen molar-refractivity contribution in [2.75, 3.05) is 19.8 Å². The van der Waals surface area contributed by atoms with Gasteiger partial charge in [-0.3, -0.25) is 0 Å².